The lowest BCUT2D eigenvalue weighted by molar-refractivity contribution is 0.0398. The largest absolute Gasteiger partial charge is 0.464 e. The van der Waals surface area contributed by atoms with Crippen molar-refractivity contribution in [2.24, 2.45) is 7.05 Å². The lowest BCUT2D eigenvalue weighted by atomic mass is 9.96. The molecular formula is C24H27FN4O3. The number of morpholine rings is 1. The van der Waals surface area contributed by atoms with Gasteiger partial charge in [-0.3, -0.25) is 9.88 Å². The average molecular weight is 439 g/mol. The normalized spacial score (nSPS) is 14.3. The third-order valence-corrected chi connectivity index (χ3v) is 5.70. The van der Waals surface area contributed by atoms with Gasteiger partial charge >= 0.3 is 5.97 Å². The molecule has 1 N–H and O–H groups in total. The number of aromatic nitrogens is 2. The average Bonchev–Trinajstić information content (AvgIpc) is 3.12. The van der Waals surface area contributed by atoms with E-state index < -0.39 is 5.97 Å². The smallest absolute Gasteiger partial charge is 0.355 e. The van der Waals surface area contributed by atoms with E-state index in [0.29, 0.717) is 17.8 Å². The van der Waals surface area contributed by atoms with Crippen molar-refractivity contribution in [1.82, 2.24) is 14.5 Å². The fourth-order valence-electron chi connectivity index (χ4n) is 4.08. The zero-order valence-corrected chi connectivity index (χ0v) is 18.3. The highest BCUT2D eigenvalue weighted by Gasteiger charge is 2.28. The zero-order valence-electron chi connectivity index (χ0n) is 18.3. The maximum absolute atomic E-state index is 13.6. The number of benzene rings is 1. The molecule has 0 saturated carbocycles. The summed E-state index contributed by atoms with van der Waals surface area (Å²) in [7, 11) is 3.20. The molecule has 1 aliphatic rings. The molecule has 4 rings (SSSR count). The number of anilines is 1. The monoisotopic (exact) mass is 438 g/mol. The van der Waals surface area contributed by atoms with Gasteiger partial charge < -0.3 is 19.4 Å². The number of nitrogens with one attached hydrogen (secondary N) is 1. The van der Waals surface area contributed by atoms with Crippen LogP contribution < -0.4 is 5.32 Å². The second kappa shape index (κ2) is 9.93. The Morgan fingerprint density at radius 3 is 2.41 bits per heavy atom. The number of halogens is 1. The van der Waals surface area contributed by atoms with Gasteiger partial charge in [-0.05, 0) is 35.4 Å². The van der Waals surface area contributed by atoms with Gasteiger partial charge in [0.1, 0.15) is 17.3 Å². The second-order valence-corrected chi connectivity index (χ2v) is 7.62. The number of methoxy groups -OCH3 is 1. The maximum Gasteiger partial charge on any atom is 0.355 e. The van der Waals surface area contributed by atoms with Crippen LogP contribution in [0.5, 0.6) is 0 Å². The molecule has 0 spiro atoms. The van der Waals surface area contributed by atoms with Crippen molar-refractivity contribution in [2.45, 2.75) is 0 Å². The number of hydrogen-bond acceptors (Lipinski definition) is 6. The van der Waals surface area contributed by atoms with E-state index in [1.807, 2.05) is 23.7 Å². The summed E-state index contributed by atoms with van der Waals surface area (Å²) in [6, 6.07) is 9.95. The van der Waals surface area contributed by atoms with E-state index in [2.05, 4.69) is 15.2 Å². The molecule has 0 amide bonds. The van der Waals surface area contributed by atoms with E-state index in [4.69, 9.17) is 9.47 Å². The number of esters is 1. The predicted molar refractivity (Wildman–Crippen MR) is 121 cm³/mol. The number of carbonyl (C=O) groups excluding carboxylic acids is 1. The summed E-state index contributed by atoms with van der Waals surface area (Å²) >= 11 is 0. The molecule has 3 aromatic rings. The van der Waals surface area contributed by atoms with Crippen LogP contribution >= 0.6 is 0 Å². The molecule has 32 heavy (non-hydrogen) atoms. The van der Waals surface area contributed by atoms with Gasteiger partial charge in [-0.25, -0.2) is 9.18 Å². The molecule has 168 valence electrons. The molecule has 2 aromatic heterocycles. The summed E-state index contributed by atoms with van der Waals surface area (Å²) in [5.74, 6) is 0.00571. The van der Waals surface area contributed by atoms with Crippen molar-refractivity contribution in [3.05, 3.63) is 60.3 Å². The van der Waals surface area contributed by atoms with Gasteiger partial charge in [0.15, 0.2) is 0 Å². The molecule has 0 atom stereocenters. The van der Waals surface area contributed by atoms with Gasteiger partial charge in [0.2, 0.25) is 0 Å². The Morgan fingerprint density at radius 1 is 1.09 bits per heavy atom. The first kappa shape index (κ1) is 22.0. The van der Waals surface area contributed by atoms with E-state index in [1.54, 1.807) is 24.5 Å². The molecule has 0 radical (unpaired) electrons. The minimum absolute atomic E-state index is 0.335. The van der Waals surface area contributed by atoms with Gasteiger partial charge in [0.25, 0.3) is 0 Å². The van der Waals surface area contributed by atoms with Crippen molar-refractivity contribution in [2.75, 3.05) is 51.8 Å². The Morgan fingerprint density at radius 2 is 1.75 bits per heavy atom. The number of hydrogen-bond donors (Lipinski definition) is 1. The molecule has 0 aliphatic carbocycles. The first-order chi connectivity index (χ1) is 15.6. The highest BCUT2D eigenvalue weighted by molar-refractivity contribution is 6.05. The molecule has 7 nitrogen and oxygen atoms in total. The summed E-state index contributed by atoms with van der Waals surface area (Å²) in [4.78, 5) is 19.3. The van der Waals surface area contributed by atoms with Crippen molar-refractivity contribution in [3.63, 3.8) is 0 Å². The van der Waals surface area contributed by atoms with Crippen LogP contribution in [0.25, 0.3) is 22.3 Å². The Kier molecular flexibility index (Phi) is 6.82. The van der Waals surface area contributed by atoms with Crippen molar-refractivity contribution >= 4 is 11.8 Å². The fourth-order valence-corrected chi connectivity index (χ4v) is 4.08. The van der Waals surface area contributed by atoms with Gasteiger partial charge in [-0.15, -0.1) is 0 Å². The minimum Gasteiger partial charge on any atom is -0.464 e. The quantitative estimate of drug-likeness (QED) is 0.570. The van der Waals surface area contributed by atoms with Crippen molar-refractivity contribution in [1.29, 1.82) is 0 Å². The van der Waals surface area contributed by atoms with Crippen molar-refractivity contribution < 1.29 is 18.7 Å². The van der Waals surface area contributed by atoms with Gasteiger partial charge in [0, 0.05) is 56.7 Å². The summed E-state index contributed by atoms with van der Waals surface area (Å²) < 4.78 is 26.0. The van der Waals surface area contributed by atoms with Crippen LogP contribution in [0.4, 0.5) is 10.2 Å². The first-order valence-electron chi connectivity index (χ1n) is 10.6. The van der Waals surface area contributed by atoms with E-state index in [9.17, 15) is 9.18 Å². The maximum atomic E-state index is 13.6. The number of nitrogens with zero attached hydrogens (tertiary/aromatic N) is 3. The van der Waals surface area contributed by atoms with Gasteiger partial charge in [0.05, 0.1) is 20.3 Å². The summed E-state index contributed by atoms with van der Waals surface area (Å²) in [6.07, 6.45) is 3.43. The molecule has 0 unspecified atom stereocenters. The standard InChI is InChI=1S/C24H27FN4O3/c1-28-22(24(30)31-2)20(17-3-5-19(25)6-4-17)21(18-7-9-26-10-8-18)23(28)27-11-12-29-13-15-32-16-14-29/h3-10,27H,11-16H2,1-2H3. The fraction of sp³-hybridized carbons (Fsp3) is 0.333. The number of pyridine rings is 1. The third-order valence-electron chi connectivity index (χ3n) is 5.70. The Bertz CT molecular complexity index is 1060. The topological polar surface area (TPSA) is 68.6 Å². The Balaban J connectivity index is 1.80. The van der Waals surface area contributed by atoms with E-state index in [1.165, 1.54) is 19.2 Å². The predicted octanol–water partition coefficient (Wildman–Crippen LogP) is 3.42. The minimum atomic E-state index is -0.455. The van der Waals surface area contributed by atoms with Crippen molar-refractivity contribution in [3.8, 4) is 22.3 Å². The van der Waals surface area contributed by atoms with Crippen LogP contribution in [0, 0.1) is 5.82 Å². The van der Waals surface area contributed by atoms with Crippen LogP contribution in [0.1, 0.15) is 10.5 Å². The number of rotatable bonds is 7. The molecule has 1 aliphatic heterocycles. The van der Waals surface area contributed by atoms with Gasteiger partial charge in [-0.2, -0.15) is 0 Å². The molecule has 1 aromatic carbocycles. The first-order valence-corrected chi connectivity index (χ1v) is 10.6. The summed E-state index contributed by atoms with van der Waals surface area (Å²) in [5.41, 5.74) is 3.58. The van der Waals surface area contributed by atoms with Crippen LogP contribution in [-0.4, -0.2) is 66.9 Å². The van der Waals surface area contributed by atoms with Crippen LogP contribution in [-0.2, 0) is 16.5 Å². The van der Waals surface area contributed by atoms with E-state index >= 15 is 0 Å². The van der Waals surface area contributed by atoms with Crippen LogP contribution in [0.3, 0.4) is 0 Å². The van der Waals surface area contributed by atoms with Crippen LogP contribution in [0.15, 0.2) is 48.8 Å². The molecule has 8 heteroatoms. The Labute approximate surface area is 186 Å². The van der Waals surface area contributed by atoms with Crippen LogP contribution in [0.2, 0.25) is 0 Å². The summed E-state index contributed by atoms with van der Waals surface area (Å²) in [6.45, 7) is 4.84. The molecule has 1 saturated heterocycles. The highest BCUT2D eigenvalue weighted by Crippen LogP contribution is 2.42. The number of ether oxygens (including phenoxy) is 2. The second-order valence-electron chi connectivity index (χ2n) is 7.62. The molecule has 3 heterocycles. The molecule has 1 fully saturated rings. The zero-order chi connectivity index (χ0) is 22.5. The SMILES string of the molecule is COC(=O)c1c(-c2ccc(F)cc2)c(-c2ccncc2)c(NCCN2CCOCC2)n1C. The van der Waals surface area contributed by atoms with Gasteiger partial charge in [-0.1, -0.05) is 12.1 Å². The van der Waals surface area contributed by atoms with E-state index in [-0.39, 0.29) is 5.82 Å². The molecular weight excluding hydrogens is 411 g/mol. The Hall–Kier alpha value is -3.23. The number of carbonyl (C=O) groups is 1. The third kappa shape index (κ3) is 4.51. The molecule has 0 bridgehead atoms. The summed E-state index contributed by atoms with van der Waals surface area (Å²) in [5, 5.41) is 3.53. The van der Waals surface area contributed by atoms with E-state index in [0.717, 1.165) is 55.4 Å². The lowest BCUT2D eigenvalue weighted by Gasteiger charge is -2.26. The highest BCUT2D eigenvalue weighted by atomic mass is 19.1. The lowest BCUT2D eigenvalue weighted by Crippen LogP contribution is -2.39.